The van der Waals surface area contributed by atoms with Gasteiger partial charge in [0.15, 0.2) is 0 Å². The van der Waals surface area contributed by atoms with Gasteiger partial charge in [0.2, 0.25) is 0 Å². The molecule has 0 spiro atoms. The molecule has 2 aromatic rings. The molecule has 1 N–H and O–H groups in total. The van der Waals surface area contributed by atoms with Gasteiger partial charge in [0, 0.05) is 6.20 Å². The second-order valence-corrected chi connectivity index (χ2v) is 4.26. The fourth-order valence-electron chi connectivity index (χ4n) is 1.82. The average molecular weight is 284 g/mol. The van der Waals surface area contributed by atoms with E-state index in [0.717, 1.165) is 17.1 Å². The molecular weight excluding hydrogens is 273 g/mol. The van der Waals surface area contributed by atoms with Gasteiger partial charge in [-0.2, -0.15) is 18.3 Å². The first-order valence-corrected chi connectivity index (χ1v) is 5.74. The summed E-state index contributed by atoms with van der Waals surface area (Å²) < 4.78 is 38.5. The van der Waals surface area contributed by atoms with E-state index >= 15 is 0 Å². The summed E-state index contributed by atoms with van der Waals surface area (Å²) >= 11 is 0. The van der Waals surface area contributed by atoms with Crippen LogP contribution in [0, 0.1) is 0 Å². The number of hydrogen-bond donors (Lipinski definition) is 1. The van der Waals surface area contributed by atoms with Crippen LogP contribution >= 0.6 is 0 Å². The van der Waals surface area contributed by atoms with Gasteiger partial charge in [-0.3, -0.25) is 9.48 Å². The van der Waals surface area contributed by atoms with Gasteiger partial charge in [-0.1, -0.05) is 24.3 Å². The topological polar surface area (TPSA) is 55.1 Å². The minimum atomic E-state index is -4.43. The molecule has 0 amide bonds. The number of carboxylic acids is 1. The zero-order valence-electron chi connectivity index (χ0n) is 10.3. The summed E-state index contributed by atoms with van der Waals surface area (Å²) in [7, 11) is 0. The summed E-state index contributed by atoms with van der Waals surface area (Å²) in [6.07, 6.45) is -2.96. The molecule has 7 heteroatoms. The quantitative estimate of drug-likeness (QED) is 0.938. The van der Waals surface area contributed by atoms with Crippen LogP contribution < -0.4 is 0 Å². The number of aromatic nitrogens is 2. The third kappa shape index (κ3) is 3.37. The summed E-state index contributed by atoms with van der Waals surface area (Å²) in [6.45, 7) is 0.0968. The molecule has 0 aliphatic carbocycles. The van der Waals surface area contributed by atoms with E-state index in [9.17, 15) is 18.0 Å². The highest BCUT2D eigenvalue weighted by molar-refractivity contribution is 5.70. The van der Waals surface area contributed by atoms with Crippen molar-refractivity contribution in [3.05, 3.63) is 53.3 Å². The standard InChI is InChI=1S/C13H11F3N2O2/c14-13(15,16)11-6-17-18(8-11)7-10-4-2-1-3-9(10)5-12(19)20/h1-4,6,8H,5,7H2,(H,19,20). The van der Waals surface area contributed by atoms with E-state index in [1.54, 1.807) is 24.3 Å². The van der Waals surface area contributed by atoms with E-state index in [1.807, 2.05) is 0 Å². The highest BCUT2D eigenvalue weighted by Crippen LogP contribution is 2.28. The van der Waals surface area contributed by atoms with Crippen LogP contribution in [0.25, 0.3) is 0 Å². The van der Waals surface area contributed by atoms with E-state index in [-0.39, 0.29) is 13.0 Å². The zero-order valence-corrected chi connectivity index (χ0v) is 10.3. The van der Waals surface area contributed by atoms with Crippen molar-refractivity contribution in [1.29, 1.82) is 0 Å². The first-order chi connectivity index (χ1) is 9.36. The number of aliphatic carboxylic acids is 1. The van der Waals surface area contributed by atoms with Crippen molar-refractivity contribution < 1.29 is 23.1 Å². The minimum Gasteiger partial charge on any atom is -0.481 e. The number of benzene rings is 1. The maximum Gasteiger partial charge on any atom is 0.419 e. The van der Waals surface area contributed by atoms with Crippen LogP contribution in [-0.2, 0) is 23.9 Å². The highest BCUT2D eigenvalue weighted by atomic mass is 19.4. The molecule has 0 fully saturated rings. The molecule has 0 aliphatic heterocycles. The summed E-state index contributed by atoms with van der Waals surface area (Å²) in [5, 5.41) is 12.4. The van der Waals surface area contributed by atoms with Crippen molar-refractivity contribution >= 4 is 5.97 Å². The predicted octanol–water partition coefficient (Wildman–Crippen LogP) is 2.58. The Morgan fingerprint density at radius 3 is 2.45 bits per heavy atom. The second-order valence-electron chi connectivity index (χ2n) is 4.26. The third-order valence-corrected chi connectivity index (χ3v) is 2.75. The molecule has 106 valence electrons. The molecule has 20 heavy (non-hydrogen) atoms. The Labute approximate surface area is 112 Å². The summed E-state index contributed by atoms with van der Waals surface area (Å²) in [5.41, 5.74) is 0.365. The van der Waals surface area contributed by atoms with Crippen molar-refractivity contribution in [3.8, 4) is 0 Å². The Morgan fingerprint density at radius 2 is 1.90 bits per heavy atom. The fourth-order valence-corrected chi connectivity index (χ4v) is 1.82. The highest BCUT2D eigenvalue weighted by Gasteiger charge is 2.32. The lowest BCUT2D eigenvalue weighted by Crippen LogP contribution is -2.08. The first-order valence-electron chi connectivity index (χ1n) is 5.74. The first kappa shape index (κ1) is 14.1. The van der Waals surface area contributed by atoms with Crippen LogP contribution in [0.4, 0.5) is 13.2 Å². The number of nitrogens with zero attached hydrogens (tertiary/aromatic N) is 2. The molecule has 0 saturated carbocycles. The Morgan fingerprint density at radius 1 is 1.25 bits per heavy atom. The van der Waals surface area contributed by atoms with Crippen LogP contribution in [0.1, 0.15) is 16.7 Å². The van der Waals surface area contributed by atoms with Crippen molar-refractivity contribution in [2.24, 2.45) is 0 Å². The number of carbonyl (C=O) groups is 1. The maximum absolute atomic E-state index is 12.5. The van der Waals surface area contributed by atoms with Crippen molar-refractivity contribution in [2.45, 2.75) is 19.1 Å². The number of alkyl halides is 3. The van der Waals surface area contributed by atoms with Crippen LogP contribution in [0.15, 0.2) is 36.7 Å². The van der Waals surface area contributed by atoms with E-state index in [4.69, 9.17) is 5.11 Å². The average Bonchev–Trinajstić information content (AvgIpc) is 2.79. The monoisotopic (exact) mass is 284 g/mol. The number of hydrogen-bond acceptors (Lipinski definition) is 2. The maximum atomic E-state index is 12.5. The third-order valence-electron chi connectivity index (χ3n) is 2.75. The Bertz CT molecular complexity index is 620. The SMILES string of the molecule is O=C(O)Cc1ccccc1Cn1cc(C(F)(F)F)cn1. The normalized spacial score (nSPS) is 11.6. The van der Waals surface area contributed by atoms with Crippen LogP contribution in [0.2, 0.25) is 0 Å². The van der Waals surface area contributed by atoms with Crippen molar-refractivity contribution in [1.82, 2.24) is 9.78 Å². The molecule has 0 saturated heterocycles. The molecule has 0 atom stereocenters. The second kappa shape index (κ2) is 5.36. The lowest BCUT2D eigenvalue weighted by molar-refractivity contribution is -0.138. The summed E-state index contributed by atoms with van der Waals surface area (Å²) in [6, 6.07) is 6.70. The predicted molar refractivity (Wildman–Crippen MR) is 64.1 cm³/mol. The minimum absolute atomic E-state index is 0.0968. The van der Waals surface area contributed by atoms with Crippen LogP contribution in [0.5, 0.6) is 0 Å². The van der Waals surface area contributed by atoms with Crippen LogP contribution in [-0.4, -0.2) is 20.9 Å². The Kier molecular flexibility index (Phi) is 3.78. The molecule has 0 unspecified atom stereocenters. The van der Waals surface area contributed by atoms with Gasteiger partial charge in [0.25, 0.3) is 0 Å². The van der Waals surface area contributed by atoms with Gasteiger partial charge < -0.3 is 5.11 Å². The molecule has 0 bridgehead atoms. The van der Waals surface area contributed by atoms with Crippen LogP contribution in [0.3, 0.4) is 0 Å². The van der Waals surface area contributed by atoms with Gasteiger partial charge in [0.1, 0.15) is 0 Å². The molecule has 1 aromatic carbocycles. The molecule has 4 nitrogen and oxygen atoms in total. The molecule has 2 rings (SSSR count). The number of carboxylic acid groups (broad SMARTS) is 1. The molecular formula is C13H11F3N2O2. The Hall–Kier alpha value is -2.31. The van der Waals surface area contributed by atoms with Gasteiger partial charge in [-0.25, -0.2) is 0 Å². The van der Waals surface area contributed by atoms with E-state index in [0.29, 0.717) is 11.1 Å². The van der Waals surface area contributed by atoms with Gasteiger partial charge in [0.05, 0.1) is 24.7 Å². The van der Waals surface area contributed by atoms with Gasteiger partial charge in [-0.15, -0.1) is 0 Å². The lowest BCUT2D eigenvalue weighted by atomic mass is 10.0. The lowest BCUT2D eigenvalue weighted by Gasteiger charge is -2.08. The van der Waals surface area contributed by atoms with E-state index in [2.05, 4.69) is 5.10 Å². The number of rotatable bonds is 4. The molecule has 1 heterocycles. The van der Waals surface area contributed by atoms with Gasteiger partial charge in [-0.05, 0) is 11.1 Å². The molecule has 1 aromatic heterocycles. The van der Waals surface area contributed by atoms with Gasteiger partial charge >= 0.3 is 12.1 Å². The largest absolute Gasteiger partial charge is 0.481 e. The molecule has 0 radical (unpaired) electrons. The summed E-state index contributed by atoms with van der Waals surface area (Å²) in [4.78, 5) is 10.7. The fraction of sp³-hybridized carbons (Fsp3) is 0.231. The van der Waals surface area contributed by atoms with Crippen molar-refractivity contribution in [2.75, 3.05) is 0 Å². The zero-order chi connectivity index (χ0) is 14.8. The summed E-state index contributed by atoms with van der Waals surface area (Å²) in [5.74, 6) is -0.992. The van der Waals surface area contributed by atoms with Crippen molar-refractivity contribution in [3.63, 3.8) is 0 Å². The smallest absolute Gasteiger partial charge is 0.419 e. The van der Waals surface area contributed by atoms with E-state index in [1.165, 1.54) is 0 Å². The molecule has 0 aliphatic rings. The number of halogens is 3. The Balaban J connectivity index is 2.22. The van der Waals surface area contributed by atoms with E-state index < -0.39 is 17.7 Å².